The zero-order valence-corrected chi connectivity index (χ0v) is 10.2. The lowest BCUT2D eigenvalue weighted by Crippen LogP contribution is -2.22. The molecule has 0 heterocycles. The van der Waals surface area contributed by atoms with Gasteiger partial charge in [0.1, 0.15) is 0 Å². The summed E-state index contributed by atoms with van der Waals surface area (Å²) in [6, 6.07) is 0. The van der Waals surface area contributed by atoms with Crippen LogP contribution in [-0.2, 0) is 10.0 Å². The van der Waals surface area contributed by atoms with E-state index < -0.39 is 10.0 Å². The van der Waals surface area contributed by atoms with Crippen molar-refractivity contribution in [2.75, 3.05) is 12.8 Å². The first-order valence-electron chi connectivity index (χ1n) is 5.51. The Kier molecular flexibility index (Phi) is 8.18. The van der Waals surface area contributed by atoms with Gasteiger partial charge in [-0.2, -0.15) is 0 Å². The molecule has 0 unspecified atom stereocenters. The van der Waals surface area contributed by atoms with Gasteiger partial charge in [-0.3, -0.25) is 0 Å². The minimum atomic E-state index is -2.98. The molecule has 0 saturated carbocycles. The molecule has 0 aliphatic heterocycles. The Labute approximate surface area is 88.3 Å². The number of unbranched alkanes of at least 4 members (excludes halogenated alkanes) is 6. The van der Waals surface area contributed by atoms with Crippen LogP contribution in [0.25, 0.3) is 0 Å². The predicted octanol–water partition coefficient (Wildman–Crippen LogP) is 2.29. The fraction of sp³-hybridized carbons (Fsp3) is 1.00. The van der Waals surface area contributed by atoms with Crippen LogP contribution in [0.4, 0.5) is 0 Å². The Hall–Kier alpha value is -0.0900. The normalized spacial score (nSPS) is 11.9. The molecule has 0 radical (unpaired) electrons. The lowest BCUT2D eigenvalue weighted by Gasteiger charge is -2.02. The summed E-state index contributed by atoms with van der Waals surface area (Å²) in [4.78, 5) is 0. The zero-order chi connectivity index (χ0) is 10.9. The van der Waals surface area contributed by atoms with Crippen LogP contribution in [-0.4, -0.2) is 21.2 Å². The number of rotatable bonds is 9. The number of nitrogens with one attached hydrogen (secondary N) is 1. The molecular formula is C10H23NO2S. The molecule has 0 aromatic heterocycles. The van der Waals surface area contributed by atoms with E-state index in [0.717, 1.165) is 12.8 Å². The minimum Gasteiger partial charge on any atom is -0.215 e. The van der Waals surface area contributed by atoms with Crippen LogP contribution in [0.5, 0.6) is 0 Å². The molecule has 0 aliphatic carbocycles. The first-order chi connectivity index (χ1) is 6.56. The summed E-state index contributed by atoms with van der Waals surface area (Å²) in [6.07, 6.45) is 9.71. The Morgan fingerprint density at radius 1 is 0.929 bits per heavy atom. The van der Waals surface area contributed by atoms with Crippen molar-refractivity contribution >= 4 is 10.0 Å². The maximum Gasteiger partial charge on any atom is 0.208 e. The van der Waals surface area contributed by atoms with E-state index in [4.69, 9.17) is 0 Å². The summed E-state index contributed by atoms with van der Waals surface area (Å²) < 4.78 is 23.9. The topological polar surface area (TPSA) is 46.2 Å². The van der Waals surface area contributed by atoms with E-state index in [0.29, 0.717) is 6.54 Å². The van der Waals surface area contributed by atoms with E-state index in [2.05, 4.69) is 11.6 Å². The molecular weight excluding hydrogens is 198 g/mol. The highest BCUT2D eigenvalue weighted by atomic mass is 32.2. The summed E-state index contributed by atoms with van der Waals surface area (Å²) in [5, 5.41) is 0. The minimum absolute atomic E-state index is 0.590. The van der Waals surface area contributed by atoms with Crippen molar-refractivity contribution in [1.82, 2.24) is 4.72 Å². The monoisotopic (exact) mass is 221 g/mol. The van der Waals surface area contributed by atoms with Gasteiger partial charge in [-0.15, -0.1) is 0 Å². The highest BCUT2D eigenvalue weighted by Crippen LogP contribution is 2.06. The SMILES string of the molecule is CCCCCCCCCNS(C)(=O)=O. The summed E-state index contributed by atoms with van der Waals surface area (Å²) in [7, 11) is -2.98. The van der Waals surface area contributed by atoms with Gasteiger partial charge in [0.25, 0.3) is 0 Å². The third-order valence-corrected chi connectivity index (χ3v) is 2.87. The van der Waals surface area contributed by atoms with Gasteiger partial charge in [-0.1, -0.05) is 45.4 Å². The second-order valence-electron chi connectivity index (χ2n) is 3.79. The van der Waals surface area contributed by atoms with Gasteiger partial charge >= 0.3 is 0 Å². The van der Waals surface area contributed by atoms with Crippen LogP contribution in [0.3, 0.4) is 0 Å². The molecule has 0 spiro atoms. The quantitative estimate of drug-likeness (QED) is 0.607. The molecule has 0 atom stereocenters. The highest BCUT2D eigenvalue weighted by Gasteiger charge is 1.98. The van der Waals surface area contributed by atoms with Gasteiger partial charge in [0.15, 0.2) is 0 Å². The second kappa shape index (κ2) is 8.24. The molecule has 0 aromatic rings. The van der Waals surface area contributed by atoms with Crippen LogP contribution in [0, 0.1) is 0 Å². The van der Waals surface area contributed by atoms with E-state index in [9.17, 15) is 8.42 Å². The van der Waals surface area contributed by atoms with Crippen molar-refractivity contribution in [3.63, 3.8) is 0 Å². The molecule has 0 fully saturated rings. The Bertz CT molecular complexity index is 212. The van der Waals surface area contributed by atoms with E-state index in [1.54, 1.807) is 0 Å². The summed E-state index contributed by atoms with van der Waals surface area (Å²) in [5.41, 5.74) is 0. The number of hydrogen-bond acceptors (Lipinski definition) is 2. The summed E-state index contributed by atoms with van der Waals surface area (Å²) >= 11 is 0. The number of hydrogen-bond donors (Lipinski definition) is 1. The molecule has 0 bridgehead atoms. The van der Waals surface area contributed by atoms with Crippen molar-refractivity contribution < 1.29 is 8.42 Å². The zero-order valence-electron chi connectivity index (χ0n) is 9.38. The van der Waals surface area contributed by atoms with E-state index in [-0.39, 0.29) is 0 Å². The summed E-state index contributed by atoms with van der Waals surface area (Å²) in [6.45, 7) is 2.79. The Morgan fingerprint density at radius 2 is 1.43 bits per heavy atom. The van der Waals surface area contributed by atoms with Crippen LogP contribution in [0.15, 0.2) is 0 Å². The highest BCUT2D eigenvalue weighted by molar-refractivity contribution is 7.88. The van der Waals surface area contributed by atoms with Crippen LogP contribution < -0.4 is 4.72 Å². The molecule has 86 valence electrons. The van der Waals surface area contributed by atoms with Gasteiger partial charge < -0.3 is 0 Å². The second-order valence-corrected chi connectivity index (χ2v) is 5.62. The first kappa shape index (κ1) is 13.9. The van der Waals surface area contributed by atoms with Crippen LogP contribution in [0.1, 0.15) is 51.9 Å². The molecule has 1 N–H and O–H groups in total. The predicted molar refractivity (Wildman–Crippen MR) is 60.8 cm³/mol. The van der Waals surface area contributed by atoms with Crippen molar-refractivity contribution in [3.8, 4) is 0 Å². The number of sulfonamides is 1. The molecule has 0 aromatic carbocycles. The smallest absolute Gasteiger partial charge is 0.208 e. The van der Waals surface area contributed by atoms with Gasteiger partial charge in [0.2, 0.25) is 10.0 Å². The molecule has 0 amide bonds. The molecule has 0 aliphatic rings. The third-order valence-electron chi connectivity index (χ3n) is 2.14. The van der Waals surface area contributed by atoms with Gasteiger partial charge in [0.05, 0.1) is 6.26 Å². The van der Waals surface area contributed by atoms with Crippen LogP contribution >= 0.6 is 0 Å². The average molecular weight is 221 g/mol. The maximum absolute atomic E-state index is 10.7. The molecule has 0 rings (SSSR count). The Morgan fingerprint density at radius 3 is 1.93 bits per heavy atom. The van der Waals surface area contributed by atoms with Crippen molar-refractivity contribution in [2.24, 2.45) is 0 Å². The molecule has 3 nitrogen and oxygen atoms in total. The Balaban J connectivity index is 3.07. The molecule has 4 heteroatoms. The van der Waals surface area contributed by atoms with Crippen molar-refractivity contribution in [2.45, 2.75) is 51.9 Å². The van der Waals surface area contributed by atoms with Gasteiger partial charge in [-0.05, 0) is 6.42 Å². The summed E-state index contributed by atoms with van der Waals surface area (Å²) in [5.74, 6) is 0. The lowest BCUT2D eigenvalue weighted by molar-refractivity contribution is 0.567. The van der Waals surface area contributed by atoms with Crippen molar-refractivity contribution in [1.29, 1.82) is 0 Å². The largest absolute Gasteiger partial charge is 0.215 e. The van der Waals surface area contributed by atoms with E-state index >= 15 is 0 Å². The van der Waals surface area contributed by atoms with Gasteiger partial charge in [0, 0.05) is 6.54 Å². The van der Waals surface area contributed by atoms with Crippen LogP contribution in [0.2, 0.25) is 0 Å². The average Bonchev–Trinajstić information content (AvgIpc) is 2.08. The third kappa shape index (κ3) is 11.9. The first-order valence-corrected chi connectivity index (χ1v) is 7.40. The van der Waals surface area contributed by atoms with E-state index in [1.807, 2.05) is 0 Å². The van der Waals surface area contributed by atoms with E-state index in [1.165, 1.54) is 38.4 Å². The fourth-order valence-corrected chi connectivity index (χ4v) is 1.85. The van der Waals surface area contributed by atoms with Crippen molar-refractivity contribution in [3.05, 3.63) is 0 Å². The maximum atomic E-state index is 10.7. The molecule has 0 saturated heterocycles. The fourth-order valence-electron chi connectivity index (χ4n) is 1.34. The van der Waals surface area contributed by atoms with Gasteiger partial charge in [-0.25, -0.2) is 13.1 Å². The standard InChI is InChI=1S/C10H23NO2S/c1-3-4-5-6-7-8-9-10-11-14(2,12)13/h11H,3-10H2,1-2H3. The lowest BCUT2D eigenvalue weighted by atomic mass is 10.1. The molecule has 14 heavy (non-hydrogen) atoms.